The number of thioether (sulfide) groups is 1. The van der Waals surface area contributed by atoms with E-state index in [1.165, 1.54) is 7.11 Å². The van der Waals surface area contributed by atoms with Gasteiger partial charge in [0, 0.05) is 6.54 Å². The minimum absolute atomic E-state index is 0. The molecule has 8 heteroatoms. The van der Waals surface area contributed by atoms with Gasteiger partial charge in [-0.15, -0.1) is 12.4 Å². The number of ether oxygens (including phenoxy) is 2. The second kappa shape index (κ2) is 12.9. The first-order valence-electron chi connectivity index (χ1n) is 7.30. The summed E-state index contributed by atoms with van der Waals surface area (Å²) in [5.41, 5.74) is 1.05. The predicted molar refractivity (Wildman–Crippen MR) is 98.9 cm³/mol. The molecule has 0 aliphatic carbocycles. The van der Waals surface area contributed by atoms with Gasteiger partial charge in [0.1, 0.15) is 11.8 Å². The summed E-state index contributed by atoms with van der Waals surface area (Å²) < 4.78 is 9.80. The van der Waals surface area contributed by atoms with Gasteiger partial charge in [0.25, 0.3) is 0 Å². The van der Waals surface area contributed by atoms with Crippen LogP contribution in [0.3, 0.4) is 0 Å². The maximum absolute atomic E-state index is 11.9. The molecule has 1 atom stereocenters. The molecule has 0 aliphatic rings. The highest BCUT2D eigenvalue weighted by Gasteiger charge is 2.20. The van der Waals surface area contributed by atoms with Gasteiger partial charge in [0.05, 0.1) is 20.8 Å². The zero-order chi connectivity index (χ0) is 17.1. The summed E-state index contributed by atoms with van der Waals surface area (Å²) in [7, 11) is 2.94. The van der Waals surface area contributed by atoms with Crippen molar-refractivity contribution in [2.24, 2.45) is 0 Å². The van der Waals surface area contributed by atoms with Gasteiger partial charge in [0.15, 0.2) is 0 Å². The molecule has 6 nitrogen and oxygen atoms in total. The highest BCUT2D eigenvalue weighted by molar-refractivity contribution is 7.98. The molecule has 0 aliphatic heterocycles. The number of benzene rings is 1. The summed E-state index contributed by atoms with van der Waals surface area (Å²) in [6.07, 6.45) is 2.50. The number of methoxy groups -OCH3 is 2. The van der Waals surface area contributed by atoms with Crippen molar-refractivity contribution in [1.82, 2.24) is 10.6 Å². The molecular weight excluding hydrogens is 352 g/mol. The second-order valence-corrected chi connectivity index (χ2v) is 5.86. The molecule has 2 N–H and O–H groups in total. The van der Waals surface area contributed by atoms with Gasteiger partial charge in [-0.05, 0) is 36.1 Å². The Hall–Kier alpha value is -1.44. The van der Waals surface area contributed by atoms with E-state index in [1.54, 1.807) is 18.9 Å². The fourth-order valence-corrected chi connectivity index (χ4v) is 2.41. The van der Waals surface area contributed by atoms with Crippen molar-refractivity contribution in [3.8, 4) is 5.75 Å². The Morgan fingerprint density at radius 1 is 1.21 bits per heavy atom. The van der Waals surface area contributed by atoms with Crippen LogP contribution in [0.5, 0.6) is 5.75 Å². The first kappa shape index (κ1) is 22.6. The molecular formula is C16H25ClN2O4S. The van der Waals surface area contributed by atoms with Gasteiger partial charge in [0.2, 0.25) is 5.91 Å². The number of esters is 1. The van der Waals surface area contributed by atoms with Gasteiger partial charge in [-0.25, -0.2) is 4.79 Å². The largest absolute Gasteiger partial charge is 0.497 e. The predicted octanol–water partition coefficient (Wildman–Crippen LogP) is 1.62. The van der Waals surface area contributed by atoms with E-state index in [-0.39, 0.29) is 24.9 Å². The van der Waals surface area contributed by atoms with Crippen LogP contribution < -0.4 is 15.4 Å². The van der Waals surface area contributed by atoms with Gasteiger partial charge in [-0.3, -0.25) is 4.79 Å². The third-order valence-electron chi connectivity index (χ3n) is 3.21. The Morgan fingerprint density at radius 2 is 1.88 bits per heavy atom. The van der Waals surface area contributed by atoms with E-state index in [1.807, 2.05) is 30.5 Å². The Balaban J connectivity index is 0.00000529. The van der Waals surface area contributed by atoms with Crippen LogP contribution in [0.25, 0.3) is 0 Å². The molecule has 0 unspecified atom stereocenters. The van der Waals surface area contributed by atoms with Gasteiger partial charge in [-0.1, -0.05) is 12.1 Å². The van der Waals surface area contributed by atoms with Crippen molar-refractivity contribution >= 4 is 36.0 Å². The summed E-state index contributed by atoms with van der Waals surface area (Å²) in [5.74, 6) is 0.929. The normalized spacial score (nSPS) is 11.1. The lowest BCUT2D eigenvalue weighted by Gasteiger charge is -2.16. The van der Waals surface area contributed by atoms with E-state index in [9.17, 15) is 9.59 Å². The van der Waals surface area contributed by atoms with Crippen LogP contribution in [0.4, 0.5) is 0 Å². The Bertz CT molecular complexity index is 499. The van der Waals surface area contributed by atoms with Crippen molar-refractivity contribution in [2.45, 2.75) is 19.0 Å². The summed E-state index contributed by atoms with van der Waals surface area (Å²) in [4.78, 5) is 23.5. The molecule has 0 saturated carbocycles. The van der Waals surface area contributed by atoms with Crippen molar-refractivity contribution in [3.05, 3.63) is 29.8 Å². The fraction of sp³-hybridized carbons (Fsp3) is 0.500. The summed E-state index contributed by atoms with van der Waals surface area (Å²) in [6, 6.07) is 7.00. The van der Waals surface area contributed by atoms with E-state index >= 15 is 0 Å². The topological polar surface area (TPSA) is 76.7 Å². The van der Waals surface area contributed by atoms with Gasteiger partial charge in [-0.2, -0.15) is 11.8 Å². The molecule has 0 saturated heterocycles. The zero-order valence-electron chi connectivity index (χ0n) is 14.2. The van der Waals surface area contributed by atoms with Crippen molar-refractivity contribution in [1.29, 1.82) is 0 Å². The SMILES string of the molecule is COC(=O)[C@H](CCSC)NC(=O)CNCc1ccc(OC)cc1.Cl. The van der Waals surface area contributed by atoms with E-state index in [0.29, 0.717) is 13.0 Å². The highest BCUT2D eigenvalue weighted by atomic mass is 35.5. The molecule has 0 bridgehead atoms. The molecule has 0 radical (unpaired) electrons. The van der Waals surface area contributed by atoms with E-state index < -0.39 is 12.0 Å². The summed E-state index contributed by atoms with van der Waals surface area (Å²) >= 11 is 1.62. The van der Waals surface area contributed by atoms with E-state index in [2.05, 4.69) is 10.6 Å². The molecule has 24 heavy (non-hydrogen) atoms. The first-order chi connectivity index (χ1) is 11.1. The third kappa shape index (κ3) is 8.42. The van der Waals surface area contributed by atoms with Crippen LogP contribution >= 0.6 is 24.2 Å². The number of carbonyl (C=O) groups is 2. The van der Waals surface area contributed by atoms with Crippen molar-refractivity contribution in [3.63, 3.8) is 0 Å². The fourth-order valence-electron chi connectivity index (χ4n) is 1.94. The lowest BCUT2D eigenvalue weighted by molar-refractivity contribution is -0.145. The molecule has 0 spiro atoms. The number of hydrogen-bond donors (Lipinski definition) is 2. The van der Waals surface area contributed by atoms with Crippen molar-refractivity contribution in [2.75, 3.05) is 32.8 Å². The quantitative estimate of drug-likeness (QED) is 0.604. The minimum Gasteiger partial charge on any atom is -0.497 e. The molecule has 1 aromatic carbocycles. The average Bonchev–Trinajstić information content (AvgIpc) is 2.58. The molecule has 136 valence electrons. The van der Waals surface area contributed by atoms with Gasteiger partial charge >= 0.3 is 5.97 Å². The third-order valence-corrected chi connectivity index (χ3v) is 3.85. The van der Waals surface area contributed by atoms with Crippen molar-refractivity contribution < 1.29 is 19.1 Å². The first-order valence-corrected chi connectivity index (χ1v) is 8.69. The van der Waals surface area contributed by atoms with Crippen LogP contribution in [-0.2, 0) is 20.9 Å². The minimum atomic E-state index is -0.595. The monoisotopic (exact) mass is 376 g/mol. The Kier molecular flexibility index (Phi) is 12.1. The van der Waals surface area contributed by atoms with E-state index in [0.717, 1.165) is 17.1 Å². The number of hydrogen-bond acceptors (Lipinski definition) is 6. The molecule has 1 rings (SSSR count). The second-order valence-electron chi connectivity index (χ2n) is 4.88. The van der Waals surface area contributed by atoms with Crippen LogP contribution in [0.1, 0.15) is 12.0 Å². The number of halogens is 1. The van der Waals surface area contributed by atoms with Crippen LogP contribution in [0.2, 0.25) is 0 Å². The molecule has 0 fully saturated rings. The maximum atomic E-state index is 11.9. The number of nitrogens with one attached hydrogen (secondary N) is 2. The molecule has 0 aromatic heterocycles. The summed E-state index contributed by atoms with van der Waals surface area (Å²) in [6.45, 7) is 0.698. The number of rotatable bonds is 10. The van der Waals surface area contributed by atoms with Crippen LogP contribution in [-0.4, -0.2) is 50.7 Å². The average molecular weight is 377 g/mol. The zero-order valence-corrected chi connectivity index (χ0v) is 15.8. The molecule has 1 aromatic rings. The van der Waals surface area contributed by atoms with Crippen LogP contribution in [0, 0.1) is 0 Å². The lowest BCUT2D eigenvalue weighted by Crippen LogP contribution is -2.45. The standard InChI is InChI=1S/C16H24N2O4S.ClH/c1-21-13-6-4-12(5-7-13)10-17-11-15(19)18-14(8-9-23-3)16(20)22-2;/h4-7,14,17H,8-11H2,1-3H3,(H,18,19);1H/t14-;/m0./s1. The smallest absolute Gasteiger partial charge is 0.328 e. The highest BCUT2D eigenvalue weighted by Crippen LogP contribution is 2.10. The van der Waals surface area contributed by atoms with Gasteiger partial charge < -0.3 is 20.1 Å². The molecule has 1 amide bonds. The number of carbonyl (C=O) groups excluding carboxylic acids is 2. The molecule has 0 heterocycles. The van der Waals surface area contributed by atoms with E-state index in [4.69, 9.17) is 9.47 Å². The maximum Gasteiger partial charge on any atom is 0.328 e. The van der Waals surface area contributed by atoms with Crippen LogP contribution in [0.15, 0.2) is 24.3 Å². The lowest BCUT2D eigenvalue weighted by atomic mass is 10.2. The Morgan fingerprint density at radius 3 is 2.42 bits per heavy atom. The Labute approximate surface area is 153 Å². The number of amides is 1. The summed E-state index contributed by atoms with van der Waals surface area (Å²) in [5, 5.41) is 5.74.